The van der Waals surface area contributed by atoms with Gasteiger partial charge in [0.25, 0.3) is 5.91 Å². The van der Waals surface area contributed by atoms with E-state index in [4.69, 9.17) is 11.6 Å². The Kier molecular flexibility index (Phi) is 5.27. The van der Waals surface area contributed by atoms with E-state index < -0.39 is 0 Å². The first kappa shape index (κ1) is 15.7. The maximum Gasteiger partial charge on any atom is 0.271 e. The summed E-state index contributed by atoms with van der Waals surface area (Å²) >= 11 is 5.78. The molecule has 6 heteroatoms. The highest BCUT2D eigenvalue weighted by Crippen LogP contribution is 2.10. The van der Waals surface area contributed by atoms with Crippen LogP contribution in [0.4, 0.5) is 5.69 Å². The number of benzene rings is 2. The maximum atomic E-state index is 12.0. The lowest BCUT2D eigenvalue weighted by Gasteiger charge is -2.04. The van der Waals surface area contributed by atoms with Crippen molar-refractivity contribution in [2.24, 2.45) is 5.10 Å². The monoisotopic (exact) mass is 315 g/mol. The van der Waals surface area contributed by atoms with Gasteiger partial charge in [-0.15, -0.1) is 0 Å². The number of hydrogen-bond acceptors (Lipinski definition) is 3. The van der Waals surface area contributed by atoms with E-state index in [0.717, 1.165) is 5.56 Å². The molecular formula is C16H14ClN3O2. The zero-order valence-corrected chi connectivity index (χ0v) is 12.6. The fourth-order valence-electron chi connectivity index (χ4n) is 1.72. The van der Waals surface area contributed by atoms with Crippen LogP contribution in [0.5, 0.6) is 0 Å². The van der Waals surface area contributed by atoms with E-state index in [9.17, 15) is 9.59 Å². The highest BCUT2D eigenvalue weighted by molar-refractivity contribution is 6.30. The number of nitrogens with zero attached hydrogens (tertiary/aromatic N) is 1. The van der Waals surface area contributed by atoms with Gasteiger partial charge in [0.05, 0.1) is 6.21 Å². The first-order chi connectivity index (χ1) is 10.5. The number of rotatable bonds is 4. The third-order valence-corrected chi connectivity index (χ3v) is 2.95. The van der Waals surface area contributed by atoms with Crippen molar-refractivity contribution in [3.63, 3.8) is 0 Å². The highest BCUT2D eigenvalue weighted by Gasteiger charge is 2.05. The average Bonchev–Trinajstić information content (AvgIpc) is 2.49. The number of hydrazone groups is 1. The molecule has 0 aliphatic carbocycles. The molecule has 0 aliphatic heterocycles. The fraction of sp³-hybridized carbons (Fsp3) is 0.0625. The van der Waals surface area contributed by atoms with Crippen molar-refractivity contribution in [1.29, 1.82) is 0 Å². The largest absolute Gasteiger partial charge is 0.326 e. The van der Waals surface area contributed by atoms with Crippen LogP contribution < -0.4 is 10.7 Å². The number of nitrogens with one attached hydrogen (secondary N) is 2. The van der Waals surface area contributed by atoms with Gasteiger partial charge in [-0.25, -0.2) is 5.43 Å². The van der Waals surface area contributed by atoms with E-state index in [1.807, 2.05) is 0 Å². The molecule has 0 aliphatic rings. The molecule has 0 unspecified atom stereocenters. The van der Waals surface area contributed by atoms with Crippen LogP contribution in [0.2, 0.25) is 5.02 Å². The lowest BCUT2D eigenvalue weighted by Crippen LogP contribution is -2.18. The van der Waals surface area contributed by atoms with E-state index in [1.54, 1.807) is 48.5 Å². The van der Waals surface area contributed by atoms with Crippen LogP contribution in [0, 0.1) is 0 Å². The normalized spacial score (nSPS) is 10.5. The van der Waals surface area contributed by atoms with Gasteiger partial charge < -0.3 is 5.32 Å². The molecule has 0 aromatic heterocycles. The molecular weight excluding hydrogens is 302 g/mol. The van der Waals surface area contributed by atoms with Crippen LogP contribution in [0.3, 0.4) is 0 Å². The Morgan fingerprint density at radius 3 is 2.55 bits per heavy atom. The smallest absolute Gasteiger partial charge is 0.271 e. The van der Waals surface area contributed by atoms with Crippen molar-refractivity contribution < 1.29 is 9.59 Å². The van der Waals surface area contributed by atoms with Gasteiger partial charge >= 0.3 is 0 Å². The summed E-state index contributed by atoms with van der Waals surface area (Å²) in [7, 11) is 0. The van der Waals surface area contributed by atoms with Crippen molar-refractivity contribution in [3.8, 4) is 0 Å². The SMILES string of the molecule is CC(=O)Nc1cccc(C(=O)NN=Cc2ccc(Cl)cc2)c1. The number of carbonyl (C=O) groups excluding carboxylic acids is 2. The standard InChI is InChI=1S/C16H14ClN3O2/c1-11(21)19-15-4-2-3-13(9-15)16(22)20-18-10-12-5-7-14(17)8-6-12/h2-10H,1H3,(H,19,21)(H,20,22). The summed E-state index contributed by atoms with van der Waals surface area (Å²) in [4.78, 5) is 23.0. The van der Waals surface area contributed by atoms with Gasteiger partial charge in [0.1, 0.15) is 0 Å². The minimum atomic E-state index is -0.364. The second-order valence-electron chi connectivity index (χ2n) is 4.51. The molecule has 2 rings (SSSR count). The summed E-state index contributed by atoms with van der Waals surface area (Å²) in [6.45, 7) is 1.41. The van der Waals surface area contributed by atoms with Gasteiger partial charge in [0.15, 0.2) is 0 Å². The van der Waals surface area contributed by atoms with Crippen LogP contribution in [0.15, 0.2) is 53.6 Å². The number of carbonyl (C=O) groups is 2. The van der Waals surface area contributed by atoms with Gasteiger partial charge in [-0.3, -0.25) is 9.59 Å². The number of halogens is 1. The van der Waals surface area contributed by atoms with Gasteiger partial charge in [-0.2, -0.15) is 5.10 Å². The second kappa shape index (κ2) is 7.38. The molecule has 2 aromatic carbocycles. The molecule has 0 radical (unpaired) electrons. The van der Waals surface area contributed by atoms with Crippen LogP contribution in [-0.4, -0.2) is 18.0 Å². The van der Waals surface area contributed by atoms with E-state index in [2.05, 4.69) is 15.8 Å². The van der Waals surface area contributed by atoms with E-state index in [1.165, 1.54) is 13.1 Å². The number of anilines is 1. The number of amides is 2. The third kappa shape index (κ3) is 4.71. The molecule has 0 saturated carbocycles. The molecule has 5 nitrogen and oxygen atoms in total. The summed E-state index contributed by atoms with van der Waals surface area (Å²) in [5.74, 6) is -0.560. The molecule has 22 heavy (non-hydrogen) atoms. The van der Waals surface area contributed by atoms with E-state index >= 15 is 0 Å². The lowest BCUT2D eigenvalue weighted by atomic mass is 10.2. The first-order valence-electron chi connectivity index (χ1n) is 6.51. The topological polar surface area (TPSA) is 70.6 Å². The first-order valence-corrected chi connectivity index (χ1v) is 6.89. The number of hydrogen-bond donors (Lipinski definition) is 2. The Morgan fingerprint density at radius 2 is 1.86 bits per heavy atom. The van der Waals surface area contributed by atoms with E-state index in [0.29, 0.717) is 16.3 Å². The Hall–Kier alpha value is -2.66. The van der Waals surface area contributed by atoms with Gasteiger partial charge in [0, 0.05) is 23.2 Å². The zero-order chi connectivity index (χ0) is 15.9. The summed E-state index contributed by atoms with van der Waals surface area (Å²) < 4.78 is 0. The molecule has 0 bridgehead atoms. The summed E-state index contributed by atoms with van der Waals surface area (Å²) in [5.41, 5.74) is 4.20. The van der Waals surface area contributed by atoms with Crippen molar-refractivity contribution in [3.05, 3.63) is 64.7 Å². The molecule has 0 spiro atoms. The van der Waals surface area contributed by atoms with Crippen LogP contribution in [-0.2, 0) is 4.79 Å². The van der Waals surface area contributed by atoms with Crippen molar-refractivity contribution in [1.82, 2.24) is 5.43 Å². The quantitative estimate of drug-likeness (QED) is 0.672. The second-order valence-corrected chi connectivity index (χ2v) is 4.95. The molecule has 0 atom stereocenters. The maximum absolute atomic E-state index is 12.0. The van der Waals surface area contributed by atoms with E-state index in [-0.39, 0.29) is 11.8 Å². The average molecular weight is 316 g/mol. The summed E-state index contributed by atoms with van der Waals surface area (Å²) in [5, 5.41) is 7.14. The molecule has 2 N–H and O–H groups in total. The summed E-state index contributed by atoms with van der Waals surface area (Å²) in [6, 6.07) is 13.7. The Balaban J connectivity index is 2.00. The Morgan fingerprint density at radius 1 is 1.14 bits per heavy atom. The minimum absolute atomic E-state index is 0.196. The van der Waals surface area contributed by atoms with Crippen molar-refractivity contribution in [2.75, 3.05) is 5.32 Å². The molecule has 2 aromatic rings. The Bertz CT molecular complexity index is 712. The molecule has 0 fully saturated rings. The van der Waals surface area contributed by atoms with Crippen LogP contribution in [0.25, 0.3) is 0 Å². The van der Waals surface area contributed by atoms with Gasteiger partial charge in [-0.1, -0.05) is 29.8 Å². The molecule has 0 saturated heterocycles. The predicted octanol–water partition coefficient (Wildman–Crippen LogP) is 3.06. The van der Waals surface area contributed by atoms with Crippen LogP contribution >= 0.6 is 11.6 Å². The molecule has 0 heterocycles. The summed E-state index contributed by atoms with van der Waals surface area (Å²) in [6.07, 6.45) is 1.52. The van der Waals surface area contributed by atoms with Crippen LogP contribution in [0.1, 0.15) is 22.8 Å². The van der Waals surface area contributed by atoms with Gasteiger partial charge in [0.2, 0.25) is 5.91 Å². The highest BCUT2D eigenvalue weighted by atomic mass is 35.5. The minimum Gasteiger partial charge on any atom is -0.326 e. The zero-order valence-electron chi connectivity index (χ0n) is 11.8. The Labute approximate surface area is 133 Å². The molecule has 2 amide bonds. The lowest BCUT2D eigenvalue weighted by molar-refractivity contribution is -0.114. The van der Waals surface area contributed by atoms with Crippen molar-refractivity contribution in [2.45, 2.75) is 6.92 Å². The van der Waals surface area contributed by atoms with Crippen molar-refractivity contribution >= 4 is 35.3 Å². The van der Waals surface area contributed by atoms with Gasteiger partial charge in [-0.05, 0) is 35.9 Å². The third-order valence-electron chi connectivity index (χ3n) is 2.69. The fourth-order valence-corrected chi connectivity index (χ4v) is 1.85. The molecule has 112 valence electrons. The predicted molar refractivity (Wildman–Crippen MR) is 87.3 cm³/mol.